The summed E-state index contributed by atoms with van der Waals surface area (Å²) in [6.07, 6.45) is 5.03. The average Bonchev–Trinajstić information content (AvgIpc) is 2.88. The van der Waals surface area contributed by atoms with Gasteiger partial charge < -0.3 is 4.90 Å². The van der Waals surface area contributed by atoms with Gasteiger partial charge in [0.1, 0.15) is 5.82 Å². The second kappa shape index (κ2) is 6.35. The maximum absolute atomic E-state index is 12.7. The van der Waals surface area contributed by atoms with Gasteiger partial charge in [-0.2, -0.15) is 0 Å². The highest BCUT2D eigenvalue weighted by Crippen LogP contribution is 2.35. The van der Waals surface area contributed by atoms with Gasteiger partial charge in [-0.3, -0.25) is 4.79 Å². The summed E-state index contributed by atoms with van der Waals surface area (Å²) >= 11 is 1.80. The van der Waals surface area contributed by atoms with E-state index in [9.17, 15) is 4.79 Å². The van der Waals surface area contributed by atoms with Gasteiger partial charge in [0, 0.05) is 30.6 Å². The van der Waals surface area contributed by atoms with E-state index in [1.165, 1.54) is 17.0 Å². The molecule has 0 spiro atoms. The molecule has 122 valence electrons. The fraction of sp³-hybridized carbons (Fsp3) is 0.529. The number of hydrogen-bond donors (Lipinski definition) is 0. The number of aromatic nitrogens is 3. The summed E-state index contributed by atoms with van der Waals surface area (Å²) in [7, 11) is 1.86. The summed E-state index contributed by atoms with van der Waals surface area (Å²) in [5, 5.41) is 1.12. The number of likely N-dealkylation sites (N-methyl/N-ethyl adjacent to an activating group) is 1. The average molecular weight is 330 g/mol. The smallest absolute Gasteiger partial charge is 0.257 e. The predicted molar refractivity (Wildman–Crippen MR) is 91.0 cm³/mol. The van der Waals surface area contributed by atoms with Crippen LogP contribution in [0.3, 0.4) is 0 Å². The van der Waals surface area contributed by atoms with Crippen molar-refractivity contribution in [2.75, 3.05) is 13.6 Å². The standard InChI is InChI=1S/C17H22N4OS/c1-10-14(8-18-11(2)19-10)17(22)21(4)9-13-6-5-7-15-16(13)20-12(3)23-15/h8,13H,5-7,9H2,1-4H3/t13-/m0/s1. The van der Waals surface area contributed by atoms with Crippen LogP contribution >= 0.6 is 11.3 Å². The van der Waals surface area contributed by atoms with Crippen LogP contribution in [0.2, 0.25) is 0 Å². The van der Waals surface area contributed by atoms with Crippen LogP contribution in [0.5, 0.6) is 0 Å². The molecule has 1 aliphatic carbocycles. The molecular weight excluding hydrogens is 308 g/mol. The van der Waals surface area contributed by atoms with Crippen LogP contribution in [0, 0.1) is 20.8 Å². The lowest BCUT2D eigenvalue weighted by molar-refractivity contribution is 0.0781. The minimum atomic E-state index is -0.0124. The van der Waals surface area contributed by atoms with E-state index < -0.39 is 0 Å². The molecule has 1 atom stereocenters. The van der Waals surface area contributed by atoms with Gasteiger partial charge in [-0.15, -0.1) is 11.3 Å². The number of hydrogen-bond acceptors (Lipinski definition) is 5. The van der Waals surface area contributed by atoms with Gasteiger partial charge in [0.25, 0.3) is 5.91 Å². The Balaban J connectivity index is 1.77. The SMILES string of the molecule is Cc1ncc(C(=O)N(C)C[C@@H]2CCCc3sc(C)nc32)c(C)n1. The number of carbonyl (C=O) groups is 1. The Kier molecular flexibility index (Phi) is 4.43. The summed E-state index contributed by atoms with van der Waals surface area (Å²) in [5.74, 6) is 1.02. The molecule has 0 saturated heterocycles. The predicted octanol–water partition coefficient (Wildman–Crippen LogP) is 3.05. The molecular formula is C17H22N4OS. The third-order valence-corrected chi connectivity index (χ3v) is 5.40. The monoisotopic (exact) mass is 330 g/mol. The largest absolute Gasteiger partial charge is 0.341 e. The fourth-order valence-corrected chi connectivity index (χ4v) is 4.28. The zero-order valence-electron chi connectivity index (χ0n) is 14.1. The second-order valence-corrected chi connectivity index (χ2v) is 7.52. The first-order valence-electron chi connectivity index (χ1n) is 7.97. The van der Waals surface area contributed by atoms with Crippen molar-refractivity contribution in [3.05, 3.63) is 38.9 Å². The lowest BCUT2D eigenvalue weighted by Gasteiger charge is -2.26. The van der Waals surface area contributed by atoms with Crippen molar-refractivity contribution in [1.82, 2.24) is 19.9 Å². The van der Waals surface area contributed by atoms with Gasteiger partial charge in [-0.1, -0.05) is 0 Å². The molecule has 0 fully saturated rings. The maximum Gasteiger partial charge on any atom is 0.257 e. The zero-order valence-corrected chi connectivity index (χ0v) is 14.9. The number of nitrogens with zero attached hydrogens (tertiary/aromatic N) is 4. The summed E-state index contributed by atoms with van der Waals surface area (Å²) < 4.78 is 0. The first kappa shape index (κ1) is 16.1. The highest BCUT2D eigenvalue weighted by Gasteiger charge is 2.27. The molecule has 23 heavy (non-hydrogen) atoms. The molecule has 0 bridgehead atoms. The van der Waals surface area contributed by atoms with Crippen LogP contribution in [-0.2, 0) is 6.42 Å². The van der Waals surface area contributed by atoms with Crippen LogP contribution in [0.4, 0.5) is 0 Å². The maximum atomic E-state index is 12.7. The Morgan fingerprint density at radius 1 is 1.35 bits per heavy atom. The van der Waals surface area contributed by atoms with Gasteiger partial charge in [-0.25, -0.2) is 15.0 Å². The van der Waals surface area contributed by atoms with E-state index in [2.05, 4.69) is 16.9 Å². The Morgan fingerprint density at radius 2 is 2.13 bits per heavy atom. The Morgan fingerprint density at radius 3 is 2.87 bits per heavy atom. The van der Waals surface area contributed by atoms with Crippen LogP contribution in [0.1, 0.15) is 56.2 Å². The minimum Gasteiger partial charge on any atom is -0.341 e. The Labute approximate surface area is 140 Å². The second-order valence-electron chi connectivity index (χ2n) is 6.23. The molecule has 0 radical (unpaired) electrons. The van der Waals surface area contributed by atoms with Crippen molar-refractivity contribution in [3.63, 3.8) is 0 Å². The van der Waals surface area contributed by atoms with Crippen molar-refractivity contribution < 1.29 is 4.79 Å². The quantitative estimate of drug-likeness (QED) is 0.868. The molecule has 1 amide bonds. The molecule has 0 unspecified atom stereocenters. The van der Waals surface area contributed by atoms with Crippen molar-refractivity contribution in [3.8, 4) is 0 Å². The molecule has 0 aliphatic heterocycles. The number of aryl methyl sites for hydroxylation is 4. The van der Waals surface area contributed by atoms with E-state index >= 15 is 0 Å². The molecule has 2 aromatic heterocycles. The van der Waals surface area contributed by atoms with Crippen LogP contribution in [0.15, 0.2) is 6.20 Å². The van der Waals surface area contributed by atoms with E-state index in [-0.39, 0.29) is 5.91 Å². The normalized spacial score (nSPS) is 17.0. The van der Waals surface area contributed by atoms with Gasteiger partial charge in [0.05, 0.1) is 22.0 Å². The highest BCUT2D eigenvalue weighted by atomic mass is 32.1. The topological polar surface area (TPSA) is 59.0 Å². The molecule has 1 aliphatic rings. The van der Waals surface area contributed by atoms with Crippen molar-refractivity contribution in [1.29, 1.82) is 0 Å². The molecule has 5 nitrogen and oxygen atoms in total. The number of fused-ring (bicyclic) bond motifs is 1. The number of carbonyl (C=O) groups excluding carboxylic acids is 1. The summed E-state index contributed by atoms with van der Waals surface area (Å²) in [6.45, 7) is 6.45. The zero-order chi connectivity index (χ0) is 16.6. The molecule has 2 aromatic rings. The molecule has 6 heteroatoms. The lowest BCUT2D eigenvalue weighted by atomic mass is 9.90. The summed E-state index contributed by atoms with van der Waals surface area (Å²) in [6, 6.07) is 0. The van der Waals surface area contributed by atoms with Gasteiger partial charge in [0.2, 0.25) is 0 Å². The number of thiazole rings is 1. The molecule has 3 rings (SSSR count). The van der Waals surface area contributed by atoms with E-state index in [1.54, 1.807) is 22.4 Å². The van der Waals surface area contributed by atoms with E-state index in [1.807, 2.05) is 20.9 Å². The van der Waals surface area contributed by atoms with Crippen molar-refractivity contribution in [2.45, 2.75) is 46.0 Å². The van der Waals surface area contributed by atoms with Crippen molar-refractivity contribution in [2.24, 2.45) is 0 Å². The fourth-order valence-electron chi connectivity index (χ4n) is 3.22. The Bertz CT molecular complexity index is 740. The summed E-state index contributed by atoms with van der Waals surface area (Å²) in [4.78, 5) is 29.0. The molecule has 0 saturated carbocycles. The first-order chi connectivity index (χ1) is 11.0. The van der Waals surface area contributed by atoms with Gasteiger partial charge in [0.15, 0.2) is 0 Å². The third-order valence-electron chi connectivity index (χ3n) is 4.35. The van der Waals surface area contributed by atoms with Crippen LogP contribution in [0.25, 0.3) is 0 Å². The van der Waals surface area contributed by atoms with E-state index in [4.69, 9.17) is 4.98 Å². The molecule has 0 N–H and O–H groups in total. The van der Waals surface area contributed by atoms with E-state index in [0.717, 1.165) is 23.5 Å². The third kappa shape index (κ3) is 3.27. The lowest BCUT2D eigenvalue weighted by Crippen LogP contribution is -2.33. The molecule has 0 aromatic carbocycles. The Hall–Kier alpha value is -1.82. The van der Waals surface area contributed by atoms with Gasteiger partial charge in [-0.05, 0) is 40.0 Å². The molecule has 2 heterocycles. The minimum absolute atomic E-state index is 0.0124. The van der Waals surface area contributed by atoms with Crippen LogP contribution < -0.4 is 0 Å². The van der Waals surface area contributed by atoms with E-state index in [0.29, 0.717) is 23.9 Å². The van der Waals surface area contributed by atoms with Crippen LogP contribution in [-0.4, -0.2) is 39.4 Å². The number of rotatable bonds is 3. The first-order valence-corrected chi connectivity index (χ1v) is 8.79. The highest BCUT2D eigenvalue weighted by molar-refractivity contribution is 7.11. The van der Waals surface area contributed by atoms with Gasteiger partial charge >= 0.3 is 0 Å². The summed E-state index contributed by atoms with van der Waals surface area (Å²) in [5.41, 5.74) is 2.53. The van der Waals surface area contributed by atoms with Crippen molar-refractivity contribution >= 4 is 17.2 Å². The number of amides is 1.